The molecule has 50 heavy (non-hydrogen) atoms. The van der Waals surface area contributed by atoms with Crippen LogP contribution in [0.15, 0.2) is 54.6 Å². The first kappa shape index (κ1) is 34.3. The normalized spacial score (nSPS) is 28.7. The predicted octanol–water partition coefficient (Wildman–Crippen LogP) is 4.80. The van der Waals surface area contributed by atoms with Crippen LogP contribution in [-0.2, 0) is 24.4 Å². The van der Waals surface area contributed by atoms with Crippen LogP contribution in [0.5, 0.6) is 5.19 Å². The molecule has 4 aliphatic rings. The molecular formula is C35H39F2N5O6S2. The van der Waals surface area contributed by atoms with Crippen molar-refractivity contribution in [2.45, 2.75) is 93.2 Å². The molecule has 0 radical (unpaired) electrons. The van der Waals surface area contributed by atoms with Gasteiger partial charge in [0.2, 0.25) is 21.8 Å². The average Bonchev–Trinajstić information content (AvgIpc) is 3.86. The molecule has 3 N–H and O–H groups in total. The zero-order valence-electron chi connectivity index (χ0n) is 27.5. The van der Waals surface area contributed by atoms with E-state index in [1.165, 1.54) is 16.2 Å². The van der Waals surface area contributed by atoms with Crippen molar-refractivity contribution >= 4 is 55.0 Å². The molecule has 5 atom stereocenters. The number of nitrogens with one attached hydrogen (secondary N) is 3. The summed E-state index contributed by atoms with van der Waals surface area (Å²) in [4.78, 5) is 48.3. The van der Waals surface area contributed by atoms with E-state index in [1.807, 2.05) is 36.4 Å². The van der Waals surface area contributed by atoms with Crippen molar-refractivity contribution in [3.05, 3.63) is 66.3 Å². The molecule has 11 nitrogen and oxygen atoms in total. The lowest BCUT2D eigenvalue weighted by molar-refractivity contribution is -0.140. The van der Waals surface area contributed by atoms with E-state index in [0.717, 1.165) is 41.3 Å². The fraction of sp³-hybridized carbons (Fsp3) is 0.486. The standard InChI is InChI=1S/C35H39F2N5O6S2/c1-34(13-14-34)50(46,47)41-32(45)35-19-21(35)9-5-3-2-4-6-11-27(38-24-16-22(36)15-23(37)17-24)31(44)42-20-25(18-28(42)30(43)40-35)48-33-39-26-10-7-8-12-29(26)49-33/h5,7-10,12,15-17,21,25,27-28,38H,2-4,6,11,13-14,18-20H2,1H3,(H,40,43)(H,41,45)/b9-5-/t21-,25-,27+,28+,35-/m1/s1. The van der Waals surface area contributed by atoms with Crippen LogP contribution in [0, 0.1) is 17.6 Å². The lowest BCUT2D eigenvalue weighted by Gasteiger charge is -2.30. The molecule has 7 rings (SSSR count). The van der Waals surface area contributed by atoms with Crippen molar-refractivity contribution in [1.82, 2.24) is 19.9 Å². The molecule has 0 spiro atoms. The fourth-order valence-electron chi connectivity index (χ4n) is 6.83. The topological polar surface area (TPSA) is 147 Å². The summed E-state index contributed by atoms with van der Waals surface area (Å²) in [5.41, 5.74) is -0.675. The van der Waals surface area contributed by atoms with Crippen LogP contribution in [0.25, 0.3) is 10.2 Å². The number of carbonyl (C=O) groups is 3. The van der Waals surface area contributed by atoms with Gasteiger partial charge in [0.15, 0.2) is 0 Å². The number of hydrogen-bond donors (Lipinski definition) is 3. The lowest BCUT2D eigenvalue weighted by atomic mass is 10.0. The number of sulfonamides is 1. The highest BCUT2D eigenvalue weighted by atomic mass is 32.2. The Morgan fingerprint density at radius 1 is 1.10 bits per heavy atom. The number of halogens is 2. The molecule has 15 heteroatoms. The Bertz CT molecular complexity index is 1910. The summed E-state index contributed by atoms with van der Waals surface area (Å²) >= 11 is 1.34. The van der Waals surface area contributed by atoms with Crippen LogP contribution in [0.4, 0.5) is 14.5 Å². The SMILES string of the molecule is CC1(S(=O)(=O)NC(=O)[C@@]23C[C@H]2/C=C\CCCCC[C@H](Nc2cc(F)cc(F)c2)C(=O)N2C[C@H](Oc4nc5ccccc5s4)C[C@H]2C(=O)N3)CC1. The van der Waals surface area contributed by atoms with Gasteiger partial charge in [-0.05, 0) is 69.7 Å². The number of nitrogens with zero attached hydrogens (tertiary/aromatic N) is 2. The van der Waals surface area contributed by atoms with E-state index in [1.54, 1.807) is 6.92 Å². The Morgan fingerprint density at radius 2 is 1.86 bits per heavy atom. The molecule has 2 saturated carbocycles. The maximum atomic E-state index is 14.4. The van der Waals surface area contributed by atoms with Crippen LogP contribution in [0.1, 0.15) is 64.7 Å². The van der Waals surface area contributed by atoms with Crippen molar-refractivity contribution in [1.29, 1.82) is 0 Å². The van der Waals surface area contributed by atoms with E-state index in [9.17, 15) is 31.6 Å². The minimum absolute atomic E-state index is 0.0117. The summed E-state index contributed by atoms with van der Waals surface area (Å²) in [6, 6.07) is 8.46. The van der Waals surface area contributed by atoms with Gasteiger partial charge in [-0.25, -0.2) is 22.2 Å². The van der Waals surface area contributed by atoms with E-state index < -0.39 is 73.8 Å². The number of carbonyl (C=O) groups excluding carboxylic acids is 3. The third-order valence-corrected chi connectivity index (χ3v) is 13.3. The fourth-order valence-corrected chi connectivity index (χ4v) is 9.02. The number of ether oxygens (including phenoxy) is 1. The summed E-state index contributed by atoms with van der Waals surface area (Å²) in [5.74, 6) is -3.92. The minimum Gasteiger partial charge on any atom is -0.465 e. The van der Waals surface area contributed by atoms with Crippen LogP contribution in [0.2, 0.25) is 0 Å². The first-order valence-corrected chi connectivity index (χ1v) is 19.3. The number of amides is 3. The van der Waals surface area contributed by atoms with Crippen LogP contribution in [0.3, 0.4) is 0 Å². The van der Waals surface area contributed by atoms with E-state index in [4.69, 9.17) is 4.74 Å². The monoisotopic (exact) mass is 727 g/mol. The van der Waals surface area contributed by atoms with Crippen molar-refractivity contribution in [3.63, 3.8) is 0 Å². The van der Waals surface area contributed by atoms with Crippen LogP contribution >= 0.6 is 11.3 Å². The molecule has 0 unspecified atom stereocenters. The van der Waals surface area contributed by atoms with E-state index in [-0.39, 0.29) is 25.1 Å². The number of benzene rings is 2. The Hall–Kier alpha value is -4.11. The minimum atomic E-state index is -3.98. The summed E-state index contributed by atoms with van der Waals surface area (Å²) in [6.45, 7) is 1.59. The average molecular weight is 728 g/mol. The molecule has 3 amide bonds. The van der Waals surface area contributed by atoms with Gasteiger partial charge in [0.05, 0.1) is 21.5 Å². The molecule has 3 fully saturated rings. The first-order valence-electron chi connectivity index (χ1n) is 17.0. The molecule has 3 heterocycles. The molecule has 0 bridgehead atoms. The van der Waals surface area contributed by atoms with Crippen molar-refractivity contribution in [3.8, 4) is 5.19 Å². The summed E-state index contributed by atoms with van der Waals surface area (Å²) < 4.78 is 62.8. The lowest BCUT2D eigenvalue weighted by Crippen LogP contribution is -2.58. The van der Waals surface area contributed by atoms with Gasteiger partial charge in [0, 0.05) is 24.1 Å². The second-order valence-electron chi connectivity index (χ2n) is 14.0. The Kier molecular flexibility index (Phi) is 9.08. The van der Waals surface area contributed by atoms with Gasteiger partial charge < -0.3 is 20.3 Å². The van der Waals surface area contributed by atoms with Gasteiger partial charge in [-0.15, -0.1) is 0 Å². The second-order valence-corrected chi connectivity index (χ2v) is 17.2. The highest BCUT2D eigenvalue weighted by molar-refractivity contribution is 7.91. The van der Waals surface area contributed by atoms with Crippen LogP contribution < -0.4 is 20.1 Å². The summed E-state index contributed by atoms with van der Waals surface area (Å²) in [6.07, 6.45) is 7.46. The van der Waals surface area contributed by atoms with Crippen molar-refractivity contribution in [2.24, 2.45) is 5.92 Å². The zero-order chi connectivity index (χ0) is 35.3. The van der Waals surface area contributed by atoms with Gasteiger partial charge in [0.25, 0.3) is 11.1 Å². The van der Waals surface area contributed by atoms with Gasteiger partial charge >= 0.3 is 0 Å². The number of hydrogen-bond acceptors (Lipinski definition) is 9. The molecule has 2 aromatic carbocycles. The van der Waals surface area contributed by atoms with Crippen molar-refractivity contribution in [2.75, 3.05) is 11.9 Å². The summed E-state index contributed by atoms with van der Waals surface area (Å²) in [7, 11) is -3.98. The highest BCUT2D eigenvalue weighted by Crippen LogP contribution is 2.47. The highest BCUT2D eigenvalue weighted by Gasteiger charge is 2.63. The largest absolute Gasteiger partial charge is 0.465 e. The Labute approximate surface area is 292 Å². The maximum absolute atomic E-state index is 14.4. The van der Waals surface area contributed by atoms with E-state index in [0.29, 0.717) is 37.3 Å². The predicted molar refractivity (Wildman–Crippen MR) is 184 cm³/mol. The van der Waals surface area contributed by atoms with Gasteiger partial charge in [-0.2, -0.15) is 0 Å². The number of anilines is 1. The number of para-hydroxylation sites is 1. The van der Waals surface area contributed by atoms with Crippen LogP contribution in [-0.4, -0.2) is 71.0 Å². The second kappa shape index (κ2) is 13.2. The Balaban J connectivity index is 1.19. The van der Waals surface area contributed by atoms with Gasteiger partial charge in [-0.1, -0.05) is 48.5 Å². The molecule has 2 aliphatic heterocycles. The quantitative estimate of drug-likeness (QED) is 0.295. The number of thiazole rings is 1. The van der Waals surface area contributed by atoms with Crippen molar-refractivity contribution < 1.29 is 36.3 Å². The molecule has 2 aliphatic carbocycles. The zero-order valence-corrected chi connectivity index (χ0v) is 29.1. The van der Waals surface area contributed by atoms with E-state index in [2.05, 4.69) is 20.3 Å². The smallest absolute Gasteiger partial charge is 0.274 e. The summed E-state index contributed by atoms with van der Waals surface area (Å²) in [5, 5.41) is 6.24. The number of fused-ring (bicyclic) bond motifs is 3. The Morgan fingerprint density at radius 3 is 2.60 bits per heavy atom. The molecule has 1 aromatic heterocycles. The number of aromatic nitrogens is 1. The van der Waals surface area contributed by atoms with E-state index >= 15 is 0 Å². The first-order chi connectivity index (χ1) is 23.9. The molecule has 266 valence electrons. The molecule has 1 saturated heterocycles. The molecular weight excluding hydrogens is 689 g/mol. The van der Waals surface area contributed by atoms with Gasteiger partial charge in [-0.3, -0.25) is 19.1 Å². The third-order valence-electron chi connectivity index (χ3n) is 10.2. The number of allylic oxidation sites excluding steroid dienone is 1. The number of rotatable bonds is 7. The third kappa shape index (κ3) is 6.94. The molecule has 3 aromatic rings. The maximum Gasteiger partial charge on any atom is 0.274 e. The van der Waals surface area contributed by atoms with Gasteiger partial charge in [0.1, 0.15) is 35.4 Å².